The number of benzene rings is 1. The molecule has 2 rings (SSSR count). The molecule has 16 heavy (non-hydrogen) atoms. The van der Waals surface area contributed by atoms with Crippen LogP contribution < -0.4 is 0 Å². The Morgan fingerprint density at radius 3 is 2.81 bits per heavy atom. The van der Waals surface area contributed by atoms with Crippen LogP contribution in [0, 0.1) is 5.82 Å². The summed E-state index contributed by atoms with van der Waals surface area (Å²) < 4.78 is 18.1. The quantitative estimate of drug-likeness (QED) is 0.861. The van der Waals surface area contributed by atoms with Gasteiger partial charge in [-0.1, -0.05) is 23.4 Å². The molecule has 1 heterocycles. The van der Waals surface area contributed by atoms with E-state index in [9.17, 15) is 9.50 Å². The summed E-state index contributed by atoms with van der Waals surface area (Å²) in [6.45, 7) is 1.53. The zero-order chi connectivity index (χ0) is 11.5. The molecule has 1 aromatic carbocycles. The average Bonchev–Trinajstić information content (AvgIpc) is 2.70. The van der Waals surface area contributed by atoms with E-state index in [1.54, 1.807) is 18.2 Å². The topological polar surface area (TPSA) is 59.2 Å². The van der Waals surface area contributed by atoms with Gasteiger partial charge >= 0.3 is 0 Å². The Balaban J connectivity index is 2.18. The molecule has 4 nitrogen and oxygen atoms in total. The minimum atomic E-state index is -0.804. The van der Waals surface area contributed by atoms with E-state index in [0.717, 1.165) is 0 Å². The van der Waals surface area contributed by atoms with Crippen molar-refractivity contribution in [1.29, 1.82) is 0 Å². The van der Waals surface area contributed by atoms with Crippen molar-refractivity contribution in [1.82, 2.24) is 10.1 Å². The van der Waals surface area contributed by atoms with E-state index in [2.05, 4.69) is 10.1 Å². The van der Waals surface area contributed by atoms with Crippen molar-refractivity contribution in [2.24, 2.45) is 0 Å². The van der Waals surface area contributed by atoms with Crippen LogP contribution in [0.3, 0.4) is 0 Å². The highest BCUT2D eigenvalue weighted by Crippen LogP contribution is 2.13. The fourth-order valence-corrected chi connectivity index (χ4v) is 1.32. The van der Waals surface area contributed by atoms with E-state index >= 15 is 0 Å². The van der Waals surface area contributed by atoms with Gasteiger partial charge in [0.05, 0.1) is 0 Å². The zero-order valence-electron chi connectivity index (χ0n) is 8.72. The van der Waals surface area contributed by atoms with Crippen molar-refractivity contribution < 1.29 is 14.0 Å². The molecule has 0 fully saturated rings. The summed E-state index contributed by atoms with van der Waals surface area (Å²) >= 11 is 0. The maximum atomic E-state index is 13.3. The molecule has 0 saturated carbocycles. The maximum absolute atomic E-state index is 13.3. The van der Waals surface area contributed by atoms with Crippen LogP contribution in [0.15, 0.2) is 28.8 Å². The second-order valence-electron chi connectivity index (χ2n) is 3.49. The Morgan fingerprint density at radius 2 is 2.19 bits per heavy atom. The lowest BCUT2D eigenvalue weighted by Crippen LogP contribution is -1.95. The summed E-state index contributed by atoms with van der Waals surface area (Å²) in [4.78, 5) is 3.95. The van der Waals surface area contributed by atoms with Gasteiger partial charge in [-0.2, -0.15) is 4.98 Å². The van der Waals surface area contributed by atoms with Crippen molar-refractivity contribution >= 4 is 0 Å². The first-order chi connectivity index (χ1) is 7.66. The lowest BCUT2D eigenvalue weighted by Gasteiger charge is -1.97. The molecule has 0 radical (unpaired) electrons. The van der Waals surface area contributed by atoms with Crippen LogP contribution in [-0.2, 0) is 6.42 Å². The van der Waals surface area contributed by atoms with Crippen molar-refractivity contribution in [3.8, 4) is 0 Å². The first-order valence-electron chi connectivity index (χ1n) is 4.91. The summed E-state index contributed by atoms with van der Waals surface area (Å²) in [5.74, 6) is 0.207. The zero-order valence-corrected chi connectivity index (χ0v) is 8.72. The van der Waals surface area contributed by atoms with Crippen LogP contribution in [0.1, 0.15) is 30.3 Å². The third kappa shape index (κ3) is 2.25. The lowest BCUT2D eigenvalue weighted by atomic mass is 10.1. The number of aliphatic hydroxyl groups excluding tert-OH is 1. The number of hydrogen-bond acceptors (Lipinski definition) is 4. The predicted molar refractivity (Wildman–Crippen MR) is 54.1 cm³/mol. The van der Waals surface area contributed by atoms with E-state index in [1.807, 2.05) is 0 Å². The Kier molecular flexibility index (Phi) is 2.96. The van der Waals surface area contributed by atoms with Gasteiger partial charge in [-0.05, 0) is 18.6 Å². The van der Waals surface area contributed by atoms with Gasteiger partial charge in [0.2, 0.25) is 0 Å². The molecular weight excluding hydrogens is 211 g/mol. The molecule has 0 aliphatic heterocycles. The van der Waals surface area contributed by atoms with Gasteiger partial charge in [0.1, 0.15) is 11.9 Å². The Labute approximate surface area is 91.7 Å². The van der Waals surface area contributed by atoms with Gasteiger partial charge in [-0.25, -0.2) is 4.39 Å². The summed E-state index contributed by atoms with van der Waals surface area (Å²) in [5.41, 5.74) is 0.500. The van der Waals surface area contributed by atoms with E-state index in [1.165, 1.54) is 13.0 Å². The highest BCUT2D eigenvalue weighted by molar-refractivity contribution is 5.20. The van der Waals surface area contributed by atoms with Gasteiger partial charge in [0, 0.05) is 6.42 Å². The van der Waals surface area contributed by atoms with E-state index in [-0.39, 0.29) is 18.1 Å². The number of nitrogens with zero attached hydrogens (tertiary/aromatic N) is 2. The number of rotatable bonds is 3. The number of hydrogen-bond donors (Lipinski definition) is 1. The highest BCUT2D eigenvalue weighted by Gasteiger charge is 2.12. The average molecular weight is 222 g/mol. The molecular formula is C11H11FN2O2. The van der Waals surface area contributed by atoms with E-state index in [4.69, 9.17) is 4.52 Å². The van der Waals surface area contributed by atoms with Crippen molar-refractivity contribution in [2.45, 2.75) is 19.4 Å². The fraction of sp³-hybridized carbons (Fsp3) is 0.273. The summed E-state index contributed by atoms with van der Waals surface area (Å²) in [7, 11) is 0. The SMILES string of the molecule is C[C@H](O)c1nc(Cc2ccccc2F)no1. The normalized spacial score (nSPS) is 12.7. The number of halogens is 1. The summed E-state index contributed by atoms with van der Waals surface area (Å²) in [6, 6.07) is 6.41. The van der Waals surface area contributed by atoms with Crippen molar-refractivity contribution in [2.75, 3.05) is 0 Å². The molecule has 1 N–H and O–H groups in total. The molecule has 84 valence electrons. The lowest BCUT2D eigenvalue weighted by molar-refractivity contribution is 0.151. The Hall–Kier alpha value is -1.75. The van der Waals surface area contributed by atoms with Gasteiger partial charge < -0.3 is 9.63 Å². The second kappa shape index (κ2) is 4.40. The molecule has 0 bridgehead atoms. The summed E-state index contributed by atoms with van der Waals surface area (Å²) in [6.07, 6.45) is -0.551. The Bertz CT molecular complexity index is 482. The first-order valence-corrected chi connectivity index (χ1v) is 4.91. The van der Waals surface area contributed by atoms with Crippen LogP contribution >= 0.6 is 0 Å². The van der Waals surface area contributed by atoms with Crippen LogP contribution in [0.25, 0.3) is 0 Å². The van der Waals surface area contributed by atoms with Gasteiger partial charge in [-0.3, -0.25) is 0 Å². The third-order valence-electron chi connectivity index (χ3n) is 2.15. The maximum Gasteiger partial charge on any atom is 0.255 e. The van der Waals surface area contributed by atoms with E-state index in [0.29, 0.717) is 11.4 Å². The molecule has 0 saturated heterocycles. The molecule has 1 aromatic heterocycles. The molecule has 2 aromatic rings. The van der Waals surface area contributed by atoms with Crippen LogP contribution in [-0.4, -0.2) is 15.2 Å². The van der Waals surface area contributed by atoms with Gasteiger partial charge in [0.25, 0.3) is 5.89 Å². The molecule has 0 spiro atoms. The van der Waals surface area contributed by atoms with Gasteiger partial charge in [0.15, 0.2) is 5.82 Å². The van der Waals surface area contributed by atoms with Gasteiger partial charge in [-0.15, -0.1) is 0 Å². The minimum Gasteiger partial charge on any atom is -0.384 e. The molecule has 0 unspecified atom stereocenters. The monoisotopic (exact) mass is 222 g/mol. The highest BCUT2D eigenvalue weighted by atomic mass is 19.1. The van der Waals surface area contributed by atoms with Crippen molar-refractivity contribution in [3.05, 3.63) is 47.4 Å². The Morgan fingerprint density at radius 1 is 1.44 bits per heavy atom. The molecule has 5 heteroatoms. The number of aliphatic hydroxyl groups is 1. The molecule has 0 aliphatic carbocycles. The van der Waals surface area contributed by atoms with Crippen LogP contribution in [0.4, 0.5) is 4.39 Å². The second-order valence-corrected chi connectivity index (χ2v) is 3.49. The molecule has 0 amide bonds. The summed E-state index contributed by atoms with van der Waals surface area (Å²) in [5, 5.41) is 12.8. The van der Waals surface area contributed by atoms with Crippen LogP contribution in [0.5, 0.6) is 0 Å². The first kappa shape index (κ1) is 10.8. The minimum absolute atomic E-state index is 0.145. The molecule has 0 aliphatic rings. The standard InChI is InChI=1S/C11H11FN2O2/c1-7(15)11-13-10(14-16-11)6-8-4-2-3-5-9(8)12/h2-5,7,15H,6H2,1H3/t7-/m0/s1. The van der Waals surface area contributed by atoms with Crippen molar-refractivity contribution in [3.63, 3.8) is 0 Å². The fourth-order valence-electron chi connectivity index (χ4n) is 1.32. The predicted octanol–water partition coefficient (Wildman–Crippen LogP) is 1.85. The molecule has 1 atom stereocenters. The smallest absolute Gasteiger partial charge is 0.255 e. The van der Waals surface area contributed by atoms with E-state index < -0.39 is 6.10 Å². The third-order valence-corrected chi connectivity index (χ3v) is 2.15. The van der Waals surface area contributed by atoms with Crippen LogP contribution in [0.2, 0.25) is 0 Å². The largest absolute Gasteiger partial charge is 0.384 e. The number of aromatic nitrogens is 2.